The highest BCUT2D eigenvalue weighted by Gasteiger charge is 2.34. The molecule has 29 heavy (non-hydrogen) atoms. The second-order valence-corrected chi connectivity index (χ2v) is 8.38. The highest BCUT2D eigenvalue weighted by atomic mass is 32.2. The van der Waals surface area contributed by atoms with Crippen LogP contribution in [0.15, 0.2) is 52.1 Å². The minimum atomic E-state index is -0.353. The van der Waals surface area contributed by atoms with Gasteiger partial charge in [-0.3, -0.25) is 4.79 Å². The third kappa shape index (κ3) is 3.23. The lowest BCUT2D eigenvalue weighted by molar-refractivity contribution is -0.118. The van der Waals surface area contributed by atoms with Crippen molar-refractivity contribution in [3.8, 4) is 23.0 Å². The largest absolute Gasteiger partial charge is 0.454 e. The van der Waals surface area contributed by atoms with E-state index in [1.807, 2.05) is 48.2 Å². The Morgan fingerprint density at radius 2 is 2.00 bits per heavy atom. The van der Waals surface area contributed by atoms with Crippen LogP contribution in [0.4, 0.5) is 5.69 Å². The van der Waals surface area contributed by atoms with Crippen LogP contribution in [0.1, 0.15) is 19.4 Å². The average Bonchev–Trinajstić information content (AvgIpc) is 3.44. The molecule has 0 saturated heterocycles. The van der Waals surface area contributed by atoms with Crippen molar-refractivity contribution in [1.82, 2.24) is 10.2 Å². The summed E-state index contributed by atoms with van der Waals surface area (Å²) in [5, 5.41) is 8.22. The summed E-state index contributed by atoms with van der Waals surface area (Å²) < 4.78 is 16.5. The van der Waals surface area contributed by atoms with Gasteiger partial charge in [-0.2, -0.15) is 0 Å². The van der Waals surface area contributed by atoms with Crippen LogP contribution < -0.4 is 14.4 Å². The number of hydrogen-bond donors (Lipinski definition) is 0. The lowest BCUT2D eigenvalue weighted by Crippen LogP contribution is -2.40. The van der Waals surface area contributed by atoms with Crippen molar-refractivity contribution in [3.63, 3.8) is 0 Å². The Morgan fingerprint density at radius 3 is 2.90 bits per heavy atom. The number of ether oxygens (including phenoxy) is 2. The van der Waals surface area contributed by atoms with Gasteiger partial charge in [0, 0.05) is 17.3 Å². The molecule has 2 atom stereocenters. The number of carbonyl (C=O) groups excluding carboxylic acids is 1. The van der Waals surface area contributed by atoms with E-state index in [0.717, 1.165) is 17.7 Å². The van der Waals surface area contributed by atoms with Gasteiger partial charge in [0.25, 0.3) is 5.22 Å². The van der Waals surface area contributed by atoms with Gasteiger partial charge in [-0.1, -0.05) is 30.0 Å². The number of rotatable bonds is 4. The first kappa shape index (κ1) is 18.1. The van der Waals surface area contributed by atoms with E-state index in [9.17, 15) is 4.79 Å². The fourth-order valence-corrected chi connectivity index (χ4v) is 4.43. The van der Waals surface area contributed by atoms with Crippen molar-refractivity contribution in [3.05, 3.63) is 48.0 Å². The lowest BCUT2D eigenvalue weighted by atomic mass is 10.1. The third-order valence-electron chi connectivity index (χ3n) is 5.10. The molecule has 148 valence electrons. The van der Waals surface area contributed by atoms with E-state index in [4.69, 9.17) is 13.9 Å². The highest BCUT2D eigenvalue weighted by Crippen LogP contribution is 2.37. The molecular weight excluding hydrogens is 390 g/mol. The Kier molecular flexibility index (Phi) is 4.43. The SMILES string of the molecule is CC(Sc1nnc(-c2ccc3c(c2)OCO3)o1)C(=O)N1c2ccccc2CC1C. The van der Waals surface area contributed by atoms with Crippen LogP contribution in [0.2, 0.25) is 0 Å². The normalized spacial score (nSPS) is 18.0. The van der Waals surface area contributed by atoms with Gasteiger partial charge >= 0.3 is 0 Å². The number of para-hydroxylation sites is 1. The maximum Gasteiger partial charge on any atom is 0.277 e. The van der Waals surface area contributed by atoms with Gasteiger partial charge in [-0.25, -0.2) is 0 Å². The molecule has 0 aliphatic carbocycles. The molecule has 1 amide bonds. The number of thioether (sulfide) groups is 1. The zero-order valence-electron chi connectivity index (χ0n) is 16.0. The van der Waals surface area contributed by atoms with Gasteiger partial charge < -0.3 is 18.8 Å². The number of anilines is 1. The van der Waals surface area contributed by atoms with Crippen LogP contribution in [0, 0.1) is 0 Å². The summed E-state index contributed by atoms with van der Waals surface area (Å²) in [7, 11) is 0. The molecular formula is C21H19N3O4S. The Bertz CT molecular complexity index is 1080. The number of carbonyl (C=O) groups is 1. The van der Waals surface area contributed by atoms with E-state index in [2.05, 4.69) is 23.2 Å². The Labute approximate surface area is 172 Å². The monoisotopic (exact) mass is 409 g/mol. The van der Waals surface area contributed by atoms with Crippen LogP contribution >= 0.6 is 11.8 Å². The highest BCUT2D eigenvalue weighted by molar-refractivity contribution is 8.00. The molecule has 0 bridgehead atoms. The molecule has 7 nitrogen and oxygen atoms in total. The number of amides is 1. The fraction of sp³-hybridized carbons (Fsp3) is 0.286. The van der Waals surface area contributed by atoms with Crippen LogP contribution in [0.3, 0.4) is 0 Å². The van der Waals surface area contributed by atoms with E-state index in [1.54, 1.807) is 0 Å². The standard InChI is InChI=1S/C21H19N3O4S/c1-12-9-14-5-3-4-6-16(14)24(12)20(25)13(2)29-21-23-22-19(28-21)15-7-8-17-18(10-15)27-11-26-17/h3-8,10,12-13H,9,11H2,1-2H3. The minimum absolute atomic E-state index is 0.0373. The topological polar surface area (TPSA) is 77.7 Å². The van der Waals surface area contributed by atoms with E-state index in [1.165, 1.54) is 17.3 Å². The fourth-order valence-electron chi connectivity index (χ4n) is 3.70. The number of hydrogen-bond acceptors (Lipinski definition) is 7. The predicted octanol–water partition coefficient (Wildman–Crippen LogP) is 3.92. The first-order valence-corrected chi connectivity index (χ1v) is 10.3. The molecule has 2 aliphatic rings. The van der Waals surface area contributed by atoms with Crippen molar-refractivity contribution in [2.24, 2.45) is 0 Å². The molecule has 8 heteroatoms. The zero-order chi connectivity index (χ0) is 20.0. The number of fused-ring (bicyclic) bond motifs is 2. The van der Waals surface area contributed by atoms with Crippen molar-refractivity contribution in [2.75, 3.05) is 11.7 Å². The minimum Gasteiger partial charge on any atom is -0.454 e. The molecule has 0 fully saturated rings. The van der Waals surface area contributed by atoms with Gasteiger partial charge in [0.15, 0.2) is 11.5 Å². The molecule has 0 spiro atoms. The van der Waals surface area contributed by atoms with Gasteiger partial charge in [0.2, 0.25) is 18.6 Å². The summed E-state index contributed by atoms with van der Waals surface area (Å²) >= 11 is 1.27. The average molecular weight is 409 g/mol. The van der Waals surface area contributed by atoms with Crippen LogP contribution in [0.5, 0.6) is 11.5 Å². The van der Waals surface area contributed by atoms with Crippen LogP contribution in [-0.4, -0.2) is 34.2 Å². The summed E-state index contributed by atoms with van der Waals surface area (Å²) in [4.78, 5) is 15.0. The van der Waals surface area contributed by atoms with Crippen molar-refractivity contribution < 1.29 is 18.7 Å². The first-order valence-electron chi connectivity index (χ1n) is 9.41. The third-order valence-corrected chi connectivity index (χ3v) is 6.02. The molecule has 2 unspecified atom stereocenters. The second-order valence-electron chi connectivity index (χ2n) is 7.09. The molecule has 3 heterocycles. The van der Waals surface area contributed by atoms with Crippen molar-refractivity contribution in [2.45, 2.75) is 36.8 Å². The summed E-state index contributed by atoms with van der Waals surface area (Å²) in [6, 6.07) is 13.6. The zero-order valence-corrected chi connectivity index (χ0v) is 16.8. The Morgan fingerprint density at radius 1 is 1.17 bits per heavy atom. The van der Waals surface area contributed by atoms with Gasteiger partial charge in [-0.15, -0.1) is 10.2 Å². The molecule has 3 aromatic rings. The van der Waals surface area contributed by atoms with Crippen LogP contribution in [-0.2, 0) is 11.2 Å². The molecule has 0 saturated carbocycles. The molecule has 2 aromatic carbocycles. The van der Waals surface area contributed by atoms with Crippen LogP contribution in [0.25, 0.3) is 11.5 Å². The van der Waals surface area contributed by atoms with E-state index in [0.29, 0.717) is 22.6 Å². The van der Waals surface area contributed by atoms with E-state index < -0.39 is 0 Å². The maximum atomic E-state index is 13.1. The smallest absolute Gasteiger partial charge is 0.277 e. The molecule has 2 aliphatic heterocycles. The molecule has 5 rings (SSSR count). The second kappa shape index (κ2) is 7.11. The molecule has 0 N–H and O–H groups in total. The predicted molar refractivity (Wildman–Crippen MR) is 108 cm³/mol. The number of benzene rings is 2. The number of nitrogens with zero attached hydrogens (tertiary/aromatic N) is 3. The Hall–Kier alpha value is -3.00. The first-order chi connectivity index (χ1) is 14.1. The van der Waals surface area contributed by atoms with Gasteiger partial charge in [-0.05, 0) is 50.1 Å². The summed E-state index contributed by atoms with van der Waals surface area (Å²) in [6.07, 6.45) is 0.869. The summed E-state index contributed by atoms with van der Waals surface area (Å²) in [5.41, 5.74) is 2.94. The van der Waals surface area contributed by atoms with Crippen molar-refractivity contribution >= 4 is 23.4 Å². The van der Waals surface area contributed by atoms with Crippen molar-refractivity contribution in [1.29, 1.82) is 0 Å². The summed E-state index contributed by atoms with van der Waals surface area (Å²) in [5.74, 6) is 1.77. The maximum absolute atomic E-state index is 13.1. The quantitative estimate of drug-likeness (QED) is 0.604. The molecule has 0 radical (unpaired) electrons. The molecule has 1 aromatic heterocycles. The van der Waals surface area contributed by atoms with E-state index in [-0.39, 0.29) is 24.0 Å². The van der Waals surface area contributed by atoms with Gasteiger partial charge in [0.05, 0.1) is 5.25 Å². The van der Waals surface area contributed by atoms with Gasteiger partial charge in [0.1, 0.15) is 0 Å². The lowest BCUT2D eigenvalue weighted by Gasteiger charge is -2.25. The Balaban J connectivity index is 1.32. The van der Waals surface area contributed by atoms with E-state index >= 15 is 0 Å². The summed E-state index contributed by atoms with van der Waals surface area (Å²) in [6.45, 7) is 4.15. The number of aromatic nitrogens is 2.